The summed E-state index contributed by atoms with van der Waals surface area (Å²) in [5, 5.41) is 9.00. The summed E-state index contributed by atoms with van der Waals surface area (Å²) in [7, 11) is 0. The normalized spacial score (nSPS) is 32.1. The molecule has 2 aliphatic heterocycles. The molecule has 1 saturated carbocycles. The number of hydrogen-bond donors (Lipinski definition) is 1. The molecule has 0 bridgehead atoms. The van der Waals surface area contributed by atoms with Crippen molar-refractivity contribution in [2.24, 2.45) is 0 Å². The maximum absolute atomic E-state index is 12.2. The number of morpholine rings is 1. The molecular weight excluding hydrogens is 260 g/mol. The van der Waals surface area contributed by atoms with Crippen LogP contribution >= 0.6 is 0 Å². The van der Waals surface area contributed by atoms with Crippen molar-refractivity contribution in [1.29, 1.82) is 0 Å². The van der Waals surface area contributed by atoms with Crippen LogP contribution in [0, 0.1) is 0 Å². The van der Waals surface area contributed by atoms with E-state index >= 15 is 0 Å². The van der Waals surface area contributed by atoms with Crippen molar-refractivity contribution < 1.29 is 19.4 Å². The van der Waals surface area contributed by atoms with Gasteiger partial charge in [0, 0.05) is 19.1 Å². The number of carbonyl (C=O) groups is 2. The van der Waals surface area contributed by atoms with Crippen molar-refractivity contribution in [2.45, 2.75) is 56.7 Å². The van der Waals surface area contributed by atoms with Crippen molar-refractivity contribution in [3.05, 3.63) is 0 Å². The Morgan fingerprint density at radius 1 is 1.15 bits per heavy atom. The SMILES string of the molecule is O=C(O)N1CCC(N2C(=O)COC3CCCCC32)CC1. The Morgan fingerprint density at radius 2 is 1.85 bits per heavy atom. The Bertz CT molecular complexity index is 393. The van der Waals surface area contributed by atoms with Gasteiger partial charge in [0.05, 0.1) is 12.1 Å². The fourth-order valence-corrected chi connectivity index (χ4v) is 3.84. The van der Waals surface area contributed by atoms with Crippen LogP contribution in [-0.4, -0.2) is 64.8 Å². The minimum Gasteiger partial charge on any atom is -0.465 e. The molecule has 3 aliphatic rings. The molecule has 0 aromatic heterocycles. The molecule has 1 N–H and O–H groups in total. The second kappa shape index (κ2) is 5.60. The largest absolute Gasteiger partial charge is 0.465 e. The van der Waals surface area contributed by atoms with Crippen molar-refractivity contribution in [1.82, 2.24) is 9.80 Å². The zero-order valence-electron chi connectivity index (χ0n) is 11.7. The van der Waals surface area contributed by atoms with E-state index in [-0.39, 0.29) is 30.7 Å². The van der Waals surface area contributed by atoms with Crippen LogP contribution in [0.1, 0.15) is 38.5 Å². The summed E-state index contributed by atoms with van der Waals surface area (Å²) >= 11 is 0. The number of carbonyl (C=O) groups excluding carboxylic acids is 1. The van der Waals surface area contributed by atoms with Gasteiger partial charge in [-0.15, -0.1) is 0 Å². The summed E-state index contributed by atoms with van der Waals surface area (Å²) in [4.78, 5) is 26.7. The molecule has 6 nitrogen and oxygen atoms in total. The summed E-state index contributed by atoms with van der Waals surface area (Å²) < 4.78 is 5.68. The number of ether oxygens (including phenoxy) is 1. The molecular formula is C14H22N2O4. The van der Waals surface area contributed by atoms with Crippen molar-refractivity contribution in [3.8, 4) is 0 Å². The van der Waals surface area contributed by atoms with Gasteiger partial charge in [0.1, 0.15) is 6.61 Å². The third-order valence-electron chi connectivity index (χ3n) is 4.86. The molecule has 1 aliphatic carbocycles. The average molecular weight is 282 g/mol. The molecule has 2 saturated heterocycles. The predicted octanol–water partition coefficient (Wildman–Crippen LogP) is 1.30. The third kappa shape index (κ3) is 2.49. The topological polar surface area (TPSA) is 70.1 Å². The highest BCUT2D eigenvalue weighted by molar-refractivity contribution is 5.79. The smallest absolute Gasteiger partial charge is 0.407 e. The molecule has 0 spiro atoms. The van der Waals surface area contributed by atoms with E-state index in [0.29, 0.717) is 13.1 Å². The molecule has 2 atom stereocenters. The van der Waals surface area contributed by atoms with Gasteiger partial charge in [-0.05, 0) is 25.7 Å². The molecule has 2 heterocycles. The van der Waals surface area contributed by atoms with E-state index in [1.807, 2.05) is 4.90 Å². The van der Waals surface area contributed by atoms with E-state index < -0.39 is 6.09 Å². The van der Waals surface area contributed by atoms with E-state index in [0.717, 1.165) is 32.1 Å². The molecule has 0 aromatic carbocycles. The number of fused-ring (bicyclic) bond motifs is 1. The number of likely N-dealkylation sites (tertiary alicyclic amines) is 1. The molecule has 20 heavy (non-hydrogen) atoms. The first-order chi connectivity index (χ1) is 9.66. The monoisotopic (exact) mass is 282 g/mol. The second-order valence-electron chi connectivity index (χ2n) is 6.00. The van der Waals surface area contributed by atoms with Gasteiger partial charge >= 0.3 is 6.09 Å². The van der Waals surface area contributed by atoms with Gasteiger partial charge in [0.25, 0.3) is 0 Å². The van der Waals surface area contributed by atoms with Gasteiger partial charge in [-0.3, -0.25) is 4.79 Å². The van der Waals surface area contributed by atoms with Crippen LogP contribution in [0.5, 0.6) is 0 Å². The zero-order valence-corrected chi connectivity index (χ0v) is 11.7. The molecule has 3 rings (SSSR count). The van der Waals surface area contributed by atoms with E-state index in [2.05, 4.69) is 0 Å². The van der Waals surface area contributed by atoms with Crippen molar-refractivity contribution >= 4 is 12.0 Å². The van der Waals surface area contributed by atoms with Gasteiger partial charge in [-0.1, -0.05) is 12.8 Å². The number of amides is 2. The highest BCUT2D eigenvalue weighted by atomic mass is 16.5. The first kappa shape index (κ1) is 13.7. The lowest BCUT2D eigenvalue weighted by Gasteiger charge is -2.48. The average Bonchev–Trinajstić information content (AvgIpc) is 2.47. The quantitative estimate of drug-likeness (QED) is 0.787. The lowest BCUT2D eigenvalue weighted by molar-refractivity contribution is -0.166. The van der Waals surface area contributed by atoms with E-state index in [4.69, 9.17) is 9.84 Å². The van der Waals surface area contributed by atoms with Crippen LogP contribution in [0.4, 0.5) is 4.79 Å². The maximum Gasteiger partial charge on any atom is 0.407 e. The number of hydrogen-bond acceptors (Lipinski definition) is 3. The van der Waals surface area contributed by atoms with E-state index in [9.17, 15) is 9.59 Å². The molecule has 112 valence electrons. The Kier molecular flexibility index (Phi) is 3.83. The fraction of sp³-hybridized carbons (Fsp3) is 0.857. The second-order valence-corrected chi connectivity index (χ2v) is 6.00. The van der Waals surface area contributed by atoms with Crippen LogP contribution < -0.4 is 0 Å². The lowest BCUT2D eigenvalue weighted by Crippen LogP contribution is -2.61. The number of carboxylic acid groups (broad SMARTS) is 1. The molecule has 0 radical (unpaired) electrons. The van der Waals surface area contributed by atoms with Crippen molar-refractivity contribution in [3.63, 3.8) is 0 Å². The number of nitrogens with zero attached hydrogens (tertiary/aromatic N) is 2. The predicted molar refractivity (Wildman–Crippen MR) is 71.5 cm³/mol. The summed E-state index contributed by atoms with van der Waals surface area (Å²) in [6, 6.07) is 0.402. The Hall–Kier alpha value is -1.30. The molecule has 3 fully saturated rings. The van der Waals surface area contributed by atoms with Gasteiger partial charge in [-0.2, -0.15) is 0 Å². The molecule has 2 amide bonds. The van der Waals surface area contributed by atoms with Gasteiger partial charge < -0.3 is 19.6 Å². The maximum atomic E-state index is 12.2. The van der Waals surface area contributed by atoms with Crippen LogP contribution in [-0.2, 0) is 9.53 Å². The van der Waals surface area contributed by atoms with Gasteiger partial charge in [-0.25, -0.2) is 4.79 Å². The first-order valence-corrected chi connectivity index (χ1v) is 7.57. The molecule has 0 aromatic rings. The minimum absolute atomic E-state index is 0.0851. The third-order valence-corrected chi connectivity index (χ3v) is 4.86. The van der Waals surface area contributed by atoms with Gasteiger partial charge in [0.15, 0.2) is 0 Å². The summed E-state index contributed by atoms with van der Waals surface area (Å²) in [5.41, 5.74) is 0. The van der Waals surface area contributed by atoms with Gasteiger partial charge in [0.2, 0.25) is 5.91 Å². The Morgan fingerprint density at radius 3 is 2.55 bits per heavy atom. The molecule has 2 unspecified atom stereocenters. The summed E-state index contributed by atoms with van der Waals surface area (Å²) in [6.07, 6.45) is 5.25. The first-order valence-electron chi connectivity index (χ1n) is 7.57. The Balaban J connectivity index is 1.68. The van der Waals surface area contributed by atoms with Crippen molar-refractivity contribution in [2.75, 3.05) is 19.7 Å². The highest BCUT2D eigenvalue weighted by Crippen LogP contribution is 2.32. The van der Waals surface area contributed by atoms with E-state index in [1.165, 1.54) is 11.3 Å². The van der Waals surface area contributed by atoms with Crippen LogP contribution in [0.2, 0.25) is 0 Å². The lowest BCUT2D eigenvalue weighted by atomic mass is 9.87. The minimum atomic E-state index is -0.854. The number of piperidine rings is 1. The molecule has 6 heteroatoms. The summed E-state index contributed by atoms with van der Waals surface area (Å²) in [6.45, 7) is 1.25. The van der Waals surface area contributed by atoms with Crippen LogP contribution in [0.25, 0.3) is 0 Å². The Labute approximate surface area is 118 Å². The van der Waals surface area contributed by atoms with E-state index in [1.54, 1.807) is 0 Å². The highest BCUT2D eigenvalue weighted by Gasteiger charge is 2.42. The van der Waals surface area contributed by atoms with Crippen LogP contribution in [0.3, 0.4) is 0 Å². The van der Waals surface area contributed by atoms with Crippen LogP contribution in [0.15, 0.2) is 0 Å². The number of rotatable bonds is 1. The summed E-state index contributed by atoms with van der Waals surface area (Å²) in [5.74, 6) is 0.0851. The zero-order chi connectivity index (χ0) is 14.1. The standard InChI is InChI=1S/C14H22N2O4/c17-13-9-20-12-4-2-1-3-11(12)16(13)10-5-7-15(8-6-10)14(18)19/h10-12H,1-9H2,(H,18,19). The fourth-order valence-electron chi connectivity index (χ4n) is 3.84.